The first kappa shape index (κ1) is 12.9. The number of halogens is 1. The fourth-order valence-corrected chi connectivity index (χ4v) is 1.88. The van der Waals surface area contributed by atoms with Gasteiger partial charge in [0.15, 0.2) is 0 Å². The van der Waals surface area contributed by atoms with Crippen LogP contribution in [-0.2, 0) is 24.9 Å². The van der Waals surface area contributed by atoms with E-state index in [9.17, 15) is 0 Å². The van der Waals surface area contributed by atoms with Crippen molar-refractivity contribution in [1.82, 2.24) is 9.55 Å². The fraction of sp³-hybridized carbons (Fsp3) is 0.308. The highest BCUT2D eigenvalue weighted by Gasteiger charge is 2.05. The van der Waals surface area contributed by atoms with Gasteiger partial charge in [0.2, 0.25) is 0 Å². The summed E-state index contributed by atoms with van der Waals surface area (Å²) in [4.78, 5) is 4.24. The van der Waals surface area contributed by atoms with Crippen molar-refractivity contribution in [2.24, 2.45) is 7.05 Å². The fourth-order valence-electron chi connectivity index (χ4n) is 1.74. The van der Waals surface area contributed by atoms with Gasteiger partial charge in [0.05, 0.1) is 19.3 Å². The van der Waals surface area contributed by atoms with E-state index in [4.69, 9.17) is 16.3 Å². The Kier molecular flexibility index (Phi) is 4.23. The third kappa shape index (κ3) is 2.83. The van der Waals surface area contributed by atoms with E-state index in [2.05, 4.69) is 10.3 Å². The number of methoxy groups -OCH3 is 1. The zero-order chi connectivity index (χ0) is 13.0. The number of ether oxygens (including phenoxy) is 1. The molecule has 0 radical (unpaired) electrons. The molecule has 96 valence electrons. The normalized spacial score (nSPS) is 10.6. The molecule has 0 spiro atoms. The van der Waals surface area contributed by atoms with Gasteiger partial charge in [-0.15, -0.1) is 0 Å². The van der Waals surface area contributed by atoms with Crippen LogP contribution < -0.4 is 5.32 Å². The van der Waals surface area contributed by atoms with Gasteiger partial charge in [-0.25, -0.2) is 4.98 Å². The zero-order valence-corrected chi connectivity index (χ0v) is 11.2. The maximum absolute atomic E-state index is 5.94. The maximum atomic E-state index is 5.94. The predicted molar refractivity (Wildman–Crippen MR) is 72.7 cm³/mol. The number of nitrogens with one attached hydrogen (secondary N) is 1. The number of nitrogens with zero attached hydrogens (tertiary/aromatic N) is 2. The second-order valence-electron chi connectivity index (χ2n) is 4.00. The van der Waals surface area contributed by atoms with Gasteiger partial charge < -0.3 is 14.6 Å². The Bertz CT molecular complexity index is 525. The molecule has 0 atom stereocenters. The van der Waals surface area contributed by atoms with Crippen LogP contribution in [0.2, 0.25) is 5.15 Å². The standard InChI is InChI=1S/C13H16ClN3O/c1-17-12(14)7-16-13(17)8-15-11-6-4-3-5-10(11)9-18-2/h3-7,15H,8-9H2,1-2H3. The van der Waals surface area contributed by atoms with Crippen LogP contribution in [0.3, 0.4) is 0 Å². The van der Waals surface area contributed by atoms with Gasteiger partial charge in [-0.2, -0.15) is 0 Å². The molecule has 0 saturated carbocycles. The number of imidazole rings is 1. The molecule has 1 N–H and O–H groups in total. The molecule has 1 aromatic heterocycles. The smallest absolute Gasteiger partial charge is 0.128 e. The molecule has 0 aliphatic rings. The van der Waals surface area contributed by atoms with Crippen LogP contribution in [0, 0.1) is 0 Å². The van der Waals surface area contributed by atoms with Gasteiger partial charge in [-0.05, 0) is 6.07 Å². The average molecular weight is 266 g/mol. The van der Waals surface area contributed by atoms with Crippen molar-refractivity contribution in [3.63, 3.8) is 0 Å². The molecule has 0 amide bonds. The van der Waals surface area contributed by atoms with E-state index < -0.39 is 0 Å². The summed E-state index contributed by atoms with van der Waals surface area (Å²) >= 11 is 5.94. The lowest BCUT2D eigenvalue weighted by molar-refractivity contribution is 0.185. The third-order valence-corrected chi connectivity index (χ3v) is 3.13. The largest absolute Gasteiger partial charge is 0.380 e. The lowest BCUT2D eigenvalue weighted by Crippen LogP contribution is -2.07. The zero-order valence-electron chi connectivity index (χ0n) is 10.5. The van der Waals surface area contributed by atoms with Crippen LogP contribution in [0.5, 0.6) is 0 Å². The van der Waals surface area contributed by atoms with E-state index in [0.29, 0.717) is 18.3 Å². The summed E-state index contributed by atoms with van der Waals surface area (Å²) in [6.07, 6.45) is 1.65. The van der Waals surface area contributed by atoms with E-state index in [1.165, 1.54) is 0 Å². The quantitative estimate of drug-likeness (QED) is 0.904. The van der Waals surface area contributed by atoms with Crippen LogP contribution in [0.4, 0.5) is 5.69 Å². The lowest BCUT2D eigenvalue weighted by Gasteiger charge is -2.11. The van der Waals surface area contributed by atoms with E-state index >= 15 is 0 Å². The molecule has 2 aromatic rings. The average Bonchev–Trinajstić information content (AvgIpc) is 2.70. The molecule has 0 aliphatic carbocycles. The molecule has 18 heavy (non-hydrogen) atoms. The first-order valence-corrected chi connectivity index (χ1v) is 6.07. The van der Waals surface area contributed by atoms with Crippen molar-refractivity contribution in [3.05, 3.63) is 47.0 Å². The molecule has 1 aromatic carbocycles. The molecule has 0 saturated heterocycles. The number of hydrogen-bond acceptors (Lipinski definition) is 3. The van der Waals surface area contributed by atoms with Crippen molar-refractivity contribution in [3.8, 4) is 0 Å². The van der Waals surface area contributed by atoms with Crippen LogP contribution in [0.1, 0.15) is 11.4 Å². The summed E-state index contributed by atoms with van der Waals surface area (Å²) in [6, 6.07) is 8.06. The van der Waals surface area contributed by atoms with Gasteiger partial charge in [0.1, 0.15) is 11.0 Å². The summed E-state index contributed by atoms with van der Waals surface area (Å²) in [7, 11) is 3.59. The van der Waals surface area contributed by atoms with Crippen LogP contribution in [-0.4, -0.2) is 16.7 Å². The van der Waals surface area contributed by atoms with Crippen molar-refractivity contribution in [1.29, 1.82) is 0 Å². The van der Waals surface area contributed by atoms with Crippen molar-refractivity contribution in [2.75, 3.05) is 12.4 Å². The Labute approximate surface area is 112 Å². The number of para-hydroxylation sites is 1. The highest BCUT2D eigenvalue weighted by atomic mass is 35.5. The second kappa shape index (κ2) is 5.89. The number of anilines is 1. The van der Waals surface area contributed by atoms with E-state index in [0.717, 1.165) is 17.1 Å². The molecular weight excluding hydrogens is 250 g/mol. The third-order valence-electron chi connectivity index (χ3n) is 2.78. The Hall–Kier alpha value is -1.52. The number of benzene rings is 1. The monoisotopic (exact) mass is 265 g/mol. The summed E-state index contributed by atoms with van der Waals surface area (Å²) in [5.74, 6) is 0.896. The SMILES string of the molecule is COCc1ccccc1NCc1ncc(Cl)n1C. The molecule has 2 rings (SSSR count). The maximum Gasteiger partial charge on any atom is 0.128 e. The minimum absolute atomic E-state index is 0.588. The molecule has 0 fully saturated rings. The molecule has 0 bridgehead atoms. The Morgan fingerprint density at radius 1 is 1.39 bits per heavy atom. The van der Waals surface area contributed by atoms with Crippen molar-refractivity contribution in [2.45, 2.75) is 13.2 Å². The summed E-state index contributed by atoms with van der Waals surface area (Å²) in [5, 5.41) is 3.98. The van der Waals surface area contributed by atoms with Crippen molar-refractivity contribution < 1.29 is 4.74 Å². The van der Waals surface area contributed by atoms with E-state index in [1.54, 1.807) is 13.3 Å². The number of hydrogen-bond donors (Lipinski definition) is 1. The first-order chi connectivity index (χ1) is 8.72. The topological polar surface area (TPSA) is 39.1 Å². The Morgan fingerprint density at radius 3 is 2.83 bits per heavy atom. The highest BCUT2D eigenvalue weighted by Crippen LogP contribution is 2.17. The second-order valence-corrected chi connectivity index (χ2v) is 4.39. The molecule has 5 heteroatoms. The molecule has 4 nitrogen and oxygen atoms in total. The van der Waals surface area contributed by atoms with Gasteiger partial charge in [-0.1, -0.05) is 29.8 Å². The molecule has 0 unspecified atom stereocenters. The van der Waals surface area contributed by atoms with Crippen molar-refractivity contribution >= 4 is 17.3 Å². The summed E-state index contributed by atoms with van der Waals surface area (Å²) in [5.41, 5.74) is 2.18. The molecule has 0 aliphatic heterocycles. The Balaban J connectivity index is 2.08. The van der Waals surface area contributed by atoms with Gasteiger partial charge in [0.25, 0.3) is 0 Å². The summed E-state index contributed by atoms with van der Waals surface area (Å²) < 4.78 is 7.02. The summed E-state index contributed by atoms with van der Waals surface area (Å²) in [6.45, 7) is 1.22. The van der Waals surface area contributed by atoms with E-state index in [-0.39, 0.29) is 0 Å². The minimum Gasteiger partial charge on any atom is -0.380 e. The number of aromatic nitrogens is 2. The van der Waals surface area contributed by atoms with Gasteiger partial charge in [0, 0.05) is 25.4 Å². The van der Waals surface area contributed by atoms with Gasteiger partial charge in [-0.3, -0.25) is 0 Å². The van der Waals surface area contributed by atoms with E-state index in [1.807, 2.05) is 35.9 Å². The minimum atomic E-state index is 0.588. The highest BCUT2D eigenvalue weighted by molar-refractivity contribution is 6.29. The first-order valence-electron chi connectivity index (χ1n) is 5.69. The Morgan fingerprint density at radius 2 is 2.17 bits per heavy atom. The van der Waals surface area contributed by atoms with Crippen LogP contribution in [0.15, 0.2) is 30.5 Å². The molecular formula is C13H16ClN3O. The van der Waals surface area contributed by atoms with Gasteiger partial charge >= 0.3 is 0 Å². The predicted octanol–water partition coefficient (Wildman–Crippen LogP) is 2.83. The van der Waals surface area contributed by atoms with Crippen LogP contribution >= 0.6 is 11.6 Å². The number of rotatable bonds is 5. The molecule has 1 heterocycles. The van der Waals surface area contributed by atoms with Crippen LogP contribution in [0.25, 0.3) is 0 Å². The lowest BCUT2D eigenvalue weighted by atomic mass is 10.2.